The number of esters is 1. The normalized spacial score (nSPS) is 8.40. The zero-order valence-electron chi connectivity index (χ0n) is 12.8. The fourth-order valence-electron chi connectivity index (χ4n) is 1.27. The molecule has 20 heavy (non-hydrogen) atoms. The van der Waals surface area contributed by atoms with Gasteiger partial charge in [0, 0.05) is 6.92 Å². The topological polar surface area (TPSA) is 26.3 Å². The van der Waals surface area contributed by atoms with Gasteiger partial charge in [0.1, 0.15) is 0 Å². The second-order valence-corrected chi connectivity index (χ2v) is 4.23. The zero-order chi connectivity index (χ0) is 15.2. The molecule has 0 fully saturated rings. The maximum absolute atomic E-state index is 9.82. The Morgan fingerprint density at radius 1 is 0.850 bits per heavy atom. The van der Waals surface area contributed by atoms with Crippen LogP contribution in [0.5, 0.6) is 0 Å². The lowest BCUT2D eigenvalue weighted by Crippen LogP contribution is -1.95. The highest BCUT2D eigenvalue weighted by Gasteiger charge is 1.81. The molecule has 108 valence electrons. The van der Waals surface area contributed by atoms with E-state index in [-0.39, 0.29) is 5.97 Å². The van der Waals surface area contributed by atoms with Crippen LogP contribution in [-0.4, -0.2) is 12.6 Å². The van der Waals surface area contributed by atoms with Gasteiger partial charge in [-0.3, -0.25) is 4.79 Å². The van der Waals surface area contributed by atoms with Gasteiger partial charge in [0.25, 0.3) is 0 Å². The van der Waals surface area contributed by atoms with Crippen molar-refractivity contribution in [1.82, 2.24) is 0 Å². The number of ether oxygens (including phenoxy) is 1. The van der Waals surface area contributed by atoms with Crippen LogP contribution in [-0.2, 0) is 9.53 Å². The summed E-state index contributed by atoms with van der Waals surface area (Å²) >= 11 is 0. The quantitative estimate of drug-likeness (QED) is 0.711. The van der Waals surface area contributed by atoms with Crippen LogP contribution in [0.4, 0.5) is 0 Å². The predicted molar refractivity (Wildman–Crippen MR) is 84.7 cm³/mol. The van der Waals surface area contributed by atoms with Gasteiger partial charge < -0.3 is 4.74 Å². The first kappa shape index (κ1) is 17.9. The summed E-state index contributed by atoms with van der Waals surface area (Å²) in [7, 11) is 0. The van der Waals surface area contributed by atoms with E-state index >= 15 is 0 Å². The molecule has 2 nitrogen and oxygen atoms in total. The van der Waals surface area contributed by atoms with Crippen molar-refractivity contribution in [2.75, 3.05) is 6.61 Å². The van der Waals surface area contributed by atoms with E-state index in [4.69, 9.17) is 0 Å². The minimum atomic E-state index is -0.211. The third-order valence-electron chi connectivity index (χ3n) is 2.23. The molecular weight excluding hydrogens is 248 g/mol. The van der Waals surface area contributed by atoms with Crippen molar-refractivity contribution in [1.29, 1.82) is 0 Å². The summed E-state index contributed by atoms with van der Waals surface area (Å²) in [5.41, 5.74) is 2.64. The van der Waals surface area contributed by atoms with Crippen molar-refractivity contribution in [2.45, 2.75) is 27.7 Å². The first-order chi connectivity index (χ1) is 9.56. The predicted octanol–water partition coefficient (Wildman–Crippen LogP) is 4.56. The van der Waals surface area contributed by atoms with Crippen LogP contribution in [0.25, 0.3) is 0 Å². The standard InChI is InChI=1S/2C7H8.C4H8O2/c2*1-7-5-3-2-4-6-7;1-3-6-4(2)5/h2*2-6H,1H3;3H2,1-2H3. The molecule has 0 spiro atoms. The van der Waals surface area contributed by atoms with Crippen LogP contribution in [0.1, 0.15) is 25.0 Å². The van der Waals surface area contributed by atoms with Crippen LogP contribution in [0.3, 0.4) is 0 Å². The second-order valence-electron chi connectivity index (χ2n) is 4.23. The molecule has 2 heteroatoms. The van der Waals surface area contributed by atoms with E-state index in [1.54, 1.807) is 6.92 Å². The van der Waals surface area contributed by atoms with Gasteiger partial charge in [0.15, 0.2) is 0 Å². The number of benzene rings is 2. The Morgan fingerprint density at radius 3 is 1.30 bits per heavy atom. The molecule has 0 radical (unpaired) electrons. The van der Waals surface area contributed by atoms with Gasteiger partial charge in [-0.05, 0) is 20.8 Å². The Balaban J connectivity index is 0.000000272. The van der Waals surface area contributed by atoms with Gasteiger partial charge in [-0.1, -0.05) is 71.8 Å². The van der Waals surface area contributed by atoms with Crippen molar-refractivity contribution in [2.24, 2.45) is 0 Å². The molecule has 2 aromatic rings. The van der Waals surface area contributed by atoms with Crippen molar-refractivity contribution in [3.05, 3.63) is 71.8 Å². The van der Waals surface area contributed by atoms with Crippen LogP contribution in [0.15, 0.2) is 60.7 Å². The Kier molecular flexibility index (Phi) is 10.7. The lowest BCUT2D eigenvalue weighted by atomic mass is 10.2. The second kappa shape index (κ2) is 12.0. The van der Waals surface area contributed by atoms with Crippen LogP contribution in [0.2, 0.25) is 0 Å². The third-order valence-corrected chi connectivity index (χ3v) is 2.23. The third kappa shape index (κ3) is 12.4. The first-order valence-corrected chi connectivity index (χ1v) is 6.73. The highest BCUT2D eigenvalue weighted by Crippen LogP contribution is 1.92. The highest BCUT2D eigenvalue weighted by atomic mass is 16.5. The van der Waals surface area contributed by atoms with Crippen molar-refractivity contribution in [3.8, 4) is 0 Å². The van der Waals surface area contributed by atoms with Gasteiger partial charge in [0.2, 0.25) is 0 Å². The van der Waals surface area contributed by atoms with E-state index in [2.05, 4.69) is 42.8 Å². The summed E-state index contributed by atoms with van der Waals surface area (Å²) < 4.78 is 4.40. The Hall–Kier alpha value is -2.09. The molecule has 0 aromatic heterocycles. The average molecular weight is 272 g/mol. The molecule has 0 amide bonds. The minimum Gasteiger partial charge on any atom is -0.466 e. The minimum absolute atomic E-state index is 0.211. The van der Waals surface area contributed by atoms with Gasteiger partial charge in [-0.15, -0.1) is 0 Å². The molecule has 2 rings (SSSR count). The molecule has 2 aromatic carbocycles. The largest absolute Gasteiger partial charge is 0.466 e. The van der Waals surface area contributed by atoms with Crippen LogP contribution in [0, 0.1) is 13.8 Å². The Morgan fingerprint density at radius 2 is 1.20 bits per heavy atom. The first-order valence-electron chi connectivity index (χ1n) is 6.73. The molecule has 0 aliphatic heterocycles. The van der Waals surface area contributed by atoms with Gasteiger partial charge >= 0.3 is 5.97 Å². The number of hydrogen-bond donors (Lipinski definition) is 0. The molecule has 0 atom stereocenters. The molecule has 0 N–H and O–H groups in total. The Bertz CT molecular complexity index is 412. The van der Waals surface area contributed by atoms with Crippen LogP contribution < -0.4 is 0 Å². The summed E-state index contributed by atoms with van der Waals surface area (Å²) in [6, 6.07) is 20.5. The fraction of sp³-hybridized carbons (Fsp3) is 0.278. The van der Waals surface area contributed by atoms with E-state index < -0.39 is 0 Å². The van der Waals surface area contributed by atoms with Crippen LogP contribution >= 0.6 is 0 Å². The summed E-state index contributed by atoms with van der Waals surface area (Å²) in [5, 5.41) is 0. The average Bonchev–Trinajstić information content (AvgIpc) is 2.42. The lowest BCUT2D eigenvalue weighted by molar-refractivity contribution is -0.140. The summed E-state index contributed by atoms with van der Waals surface area (Å²) in [6.45, 7) is 7.82. The van der Waals surface area contributed by atoms with E-state index in [0.29, 0.717) is 6.61 Å². The van der Waals surface area contributed by atoms with Crippen molar-refractivity contribution >= 4 is 5.97 Å². The SMILES string of the molecule is CCOC(C)=O.Cc1ccccc1.Cc1ccccc1. The van der Waals surface area contributed by atoms with E-state index in [1.807, 2.05) is 36.4 Å². The number of carbonyl (C=O) groups is 1. The number of carbonyl (C=O) groups excluding carboxylic acids is 1. The van der Waals surface area contributed by atoms with Gasteiger partial charge in [0.05, 0.1) is 6.61 Å². The van der Waals surface area contributed by atoms with Crippen molar-refractivity contribution in [3.63, 3.8) is 0 Å². The Labute approximate surface area is 122 Å². The fourth-order valence-corrected chi connectivity index (χ4v) is 1.27. The molecule has 0 saturated carbocycles. The maximum atomic E-state index is 9.82. The van der Waals surface area contributed by atoms with E-state index in [1.165, 1.54) is 18.1 Å². The summed E-state index contributed by atoms with van der Waals surface area (Å²) in [5.74, 6) is -0.211. The number of aryl methyl sites for hydroxylation is 2. The lowest BCUT2D eigenvalue weighted by Gasteiger charge is -1.89. The molecule has 0 aliphatic rings. The monoisotopic (exact) mass is 272 g/mol. The highest BCUT2D eigenvalue weighted by molar-refractivity contribution is 5.65. The zero-order valence-corrected chi connectivity index (χ0v) is 12.8. The number of rotatable bonds is 1. The van der Waals surface area contributed by atoms with E-state index in [0.717, 1.165) is 0 Å². The molecular formula is C18H24O2. The smallest absolute Gasteiger partial charge is 0.302 e. The number of hydrogen-bond acceptors (Lipinski definition) is 2. The maximum Gasteiger partial charge on any atom is 0.302 e. The summed E-state index contributed by atoms with van der Waals surface area (Å²) in [4.78, 5) is 9.82. The molecule has 0 heterocycles. The van der Waals surface area contributed by atoms with E-state index in [9.17, 15) is 4.79 Å². The molecule has 0 saturated heterocycles. The van der Waals surface area contributed by atoms with Gasteiger partial charge in [-0.2, -0.15) is 0 Å². The molecule has 0 bridgehead atoms. The van der Waals surface area contributed by atoms with Gasteiger partial charge in [-0.25, -0.2) is 0 Å². The van der Waals surface area contributed by atoms with Crippen molar-refractivity contribution < 1.29 is 9.53 Å². The summed E-state index contributed by atoms with van der Waals surface area (Å²) in [6.07, 6.45) is 0. The molecule has 0 aliphatic carbocycles. The molecule has 0 unspecified atom stereocenters.